The van der Waals surface area contributed by atoms with E-state index in [1.54, 1.807) is 7.11 Å². The number of anilines is 1. The monoisotopic (exact) mass is 421 g/mol. The van der Waals surface area contributed by atoms with Gasteiger partial charge >= 0.3 is 0 Å². The Morgan fingerprint density at radius 1 is 0.906 bits per heavy atom. The standard InChI is InChI=1S/C28H27N3O/c1-18-7-6-9-22-19(2)15-27(31-28(18)22)30-16-24(20-11-13-21(32-3)14-12-20)25-17-29-26-10-5-4-8-23(25)26/h4-15,17,24,29H,16H2,1-3H3,(H,30,31)/t24-/m1/s1. The number of fused-ring (bicyclic) bond motifs is 2. The van der Waals surface area contributed by atoms with Gasteiger partial charge in [0.05, 0.1) is 12.6 Å². The van der Waals surface area contributed by atoms with E-state index in [4.69, 9.17) is 9.72 Å². The van der Waals surface area contributed by atoms with Crippen molar-refractivity contribution in [3.63, 3.8) is 0 Å². The number of H-pyrrole nitrogens is 1. The van der Waals surface area contributed by atoms with Gasteiger partial charge < -0.3 is 15.0 Å². The van der Waals surface area contributed by atoms with Crippen LogP contribution in [-0.4, -0.2) is 23.6 Å². The van der Waals surface area contributed by atoms with E-state index in [9.17, 15) is 0 Å². The third-order valence-electron chi connectivity index (χ3n) is 6.25. The molecule has 4 nitrogen and oxygen atoms in total. The lowest BCUT2D eigenvalue weighted by Gasteiger charge is -2.19. The average Bonchev–Trinajstić information content (AvgIpc) is 3.24. The zero-order valence-corrected chi connectivity index (χ0v) is 18.6. The fraction of sp³-hybridized carbons (Fsp3) is 0.179. The normalized spacial score (nSPS) is 12.2. The number of ether oxygens (including phenoxy) is 1. The summed E-state index contributed by atoms with van der Waals surface area (Å²) in [6.07, 6.45) is 2.13. The highest BCUT2D eigenvalue weighted by molar-refractivity contribution is 5.86. The molecular weight excluding hydrogens is 394 g/mol. The Morgan fingerprint density at radius 3 is 2.50 bits per heavy atom. The number of rotatable bonds is 6. The lowest BCUT2D eigenvalue weighted by molar-refractivity contribution is 0.414. The van der Waals surface area contributed by atoms with Crippen LogP contribution in [0.5, 0.6) is 5.75 Å². The molecule has 0 aliphatic heterocycles. The van der Waals surface area contributed by atoms with E-state index in [1.165, 1.54) is 33.0 Å². The maximum absolute atomic E-state index is 5.37. The fourth-order valence-electron chi connectivity index (χ4n) is 4.48. The summed E-state index contributed by atoms with van der Waals surface area (Å²) in [4.78, 5) is 8.37. The van der Waals surface area contributed by atoms with Gasteiger partial charge in [0.2, 0.25) is 0 Å². The predicted molar refractivity (Wildman–Crippen MR) is 133 cm³/mol. The Labute approximate surface area is 188 Å². The highest BCUT2D eigenvalue weighted by Crippen LogP contribution is 2.32. The minimum absolute atomic E-state index is 0.159. The molecule has 2 heterocycles. The largest absolute Gasteiger partial charge is 0.497 e. The molecule has 0 fully saturated rings. The summed E-state index contributed by atoms with van der Waals surface area (Å²) in [5.74, 6) is 1.93. The number of para-hydroxylation sites is 2. The molecular formula is C28H27N3O. The number of hydrogen-bond acceptors (Lipinski definition) is 3. The van der Waals surface area contributed by atoms with Crippen LogP contribution in [0.25, 0.3) is 21.8 Å². The molecule has 0 spiro atoms. The summed E-state index contributed by atoms with van der Waals surface area (Å²) in [7, 11) is 1.70. The molecule has 0 bridgehead atoms. The Balaban J connectivity index is 1.52. The quantitative estimate of drug-likeness (QED) is 0.325. The van der Waals surface area contributed by atoms with Crippen LogP contribution in [0.15, 0.2) is 79.0 Å². The van der Waals surface area contributed by atoms with Crippen molar-refractivity contribution in [2.75, 3.05) is 19.0 Å². The van der Waals surface area contributed by atoms with Crippen LogP contribution in [0.3, 0.4) is 0 Å². The number of aromatic nitrogens is 2. The first-order valence-electron chi connectivity index (χ1n) is 10.9. The van der Waals surface area contributed by atoms with Gasteiger partial charge in [-0.1, -0.05) is 48.5 Å². The second kappa shape index (κ2) is 8.39. The number of aromatic amines is 1. The summed E-state index contributed by atoms with van der Waals surface area (Å²) < 4.78 is 5.37. The van der Waals surface area contributed by atoms with E-state index in [1.807, 2.05) is 12.1 Å². The number of hydrogen-bond donors (Lipinski definition) is 2. The van der Waals surface area contributed by atoms with Gasteiger partial charge in [-0.3, -0.25) is 0 Å². The molecule has 5 aromatic rings. The summed E-state index contributed by atoms with van der Waals surface area (Å²) in [6.45, 7) is 5.00. The minimum Gasteiger partial charge on any atom is -0.497 e. The highest BCUT2D eigenvalue weighted by atomic mass is 16.5. The number of pyridine rings is 1. The molecule has 0 unspecified atom stereocenters. The highest BCUT2D eigenvalue weighted by Gasteiger charge is 2.19. The second-order valence-corrected chi connectivity index (χ2v) is 8.29. The van der Waals surface area contributed by atoms with Crippen molar-refractivity contribution in [1.82, 2.24) is 9.97 Å². The molecule has 0 radical (unpaired) electrons. The third kappa shape index (κ3) is 3.69. The predicted octanol–water partition coefficient (Wildman–Crippen LogP) is 6.59. The van der Waals surface area contributed by atoms with Gasteiger partial charge in [-0.05, 0) is 60.4 Å². The van der Waals surface area contributed by atoms with Gasteiger partial charge in [-0.25, -0.2) is 4.98 Å². The fourth-order valence-corrected chi connectivity index (χ4v) is 4.48. The van der Waals surface area contributed by atoms with Gasteiger partial charge in [0.25, 0.3) is 0 Å². The SMILES string of the molecule is COc1ccc([C@@H](CNc2cc(C)c3cccc(C)c3n2)c2c[nH]c3ccccc23)cc1. The van der Waals surface area contributed by atoms with Crippen molar-refractivity contribution >= 4 is 27.6 Å². The van der Waals surface area contributed by atoms with Crippen molar-refractivity contribution in [3.8, 4) is 5.75 Å². The van der Waals surface area contributed by atoms with Crippen LogP contribution in [0, 0.1) is 13.8 Å². The van der Waals surface area contributed by atoms with Crippen LogP contribution >= 0.6 is 0 Å². The molecule has 160 valence electrons. The van der Waals surface area contributed by atoms with Crippen LogP contribution < -0.4 is 10.1 Å². The molecule has 0 saturated carbocycles. The Hall–Kier alpha value is -3.79. The average molecular weight is 422 g/mol. The zero-order chi connectivity index (χ0) is 22.1. The molecule has 4 heteroatoms. The van der Waals surface area contributed by atoms with E-state index in [-0.39, 0.29) is 5.92 Å². The molecule has 0 aliphatic rings. The Bertz CT molecular complexity index is 1390. The first-order valence-corrected chi connectivity index (χ1v) is 10.9. The summed E-state index contributed by atoms with van der Waals surface area (Å²) in [6, 6.07) is 25.3. The number of nitrogens with one attached hydrogen (secondary N) is 2. The van der Waals surface area contributed by atoms with Crippen LogP contribution in [0.4, 0.5) is 5.82 Å². The molecule has 2 aromatic heterocycles. The molecule has 0 aliphatic carbocycles. The van der Waals surface area contributed by atoms with Crippen LogP contribution in [-0.2, 0) is 0 Å². The van der Waals surface area contributed by atoms with Crippen molar-refractivity contribution in [3.05, 3.63) is 101 Å². The van der Waals surface area contributed by atoms with Gasteiger partial charge in [0.15, 0.2) is 0 Å². The number of nitrogens with zero attached hydrogens (tertiary/aromatic N) is 1. The number of methoxy groups -OCH3 is 1. The smallest absolute Gasteiger partial charge is 0.126 e. The van der Waals surface area contributed by atoms with Crippen molar-refractivity contribution < 1.29 is 4.74 Å². The Morgan fingerprint density at radius 2 is 1.69 bits per heavy atom. The molecule has 0 amide bonds. The van der Waals surface area contributed by atoms with Crippen LogP contribution in [0.2, 0.25) is 0 Å². The van der Waals surface area contributed by atoms with E-state index >= 15 is 0 Å². The zero-order valence-electron chi connectivity index (χ0n) is 18.6. The topological polar surface area (TPSA) is 49.9 Å². The maximum Gasteiger partial charge on any atom is 0.126 e. The van der Waals surface area contributed by atoms with Crippen molar-refractivity contribution in [1.29, 1.82) is 0 Å². The first-order chi connectivity index (χ1) is 15.6. The molecule has 0 saturated heterocycles. The van der Waals surface area contributed by atoms with Gasteiger partial charge in [0.1, 0.15) is 11.6 Å². The van der Waals surface area contributed by atoms with E-state index in [0.717, 1.165) is 29.1 Å². The third-order valence-corrected chi connectivity index (χ3v) is 6.25. The van der Waals surface area contributed by atoms with Gasteiger partial charge in [-0.2, -0.15) is 0 Å². The second-order valence-electron chi connectivity index (χ2n) is 8.29. The van der Waals surface area contributed by atoms with Crippen molar-refractivity contribution in [2.24, 2.45) is 0 Å². The summed E-state index contributed by atoms with van der Waals surface area (Å²) in [5.41, 5.74) is 7.13. The van der Waals surface area contributed by atoms with E-state index < -0.39 is 0 Å². The first kappa shape index (κ1) is 20.1. The van der Waals surface area contributed by atoms with E-state index in [2.05, 4.69) is 91.0 Å². The number of benzene rings is 3. The van der Waals surface area contributed by atoms with Crippen molar-refractivity contribution in [2.45, 2.75) is 19.8 Å². The van der Waals surface area contributed by atoms with Gasteiger partial charge in [-0.15, -0.1) is 0 Å². The lowest BCUT2D eigenvalue weighted by atomic mass is 9.90. The minimum atomic E-state index is 0.159. The number of aryl methyl sites for hydroxylation is 2. The van der Waals surface area contributed by atoms with Crippen LogP contribution in [0.1, 0.15) is 28.2 Å². The lowest BCUT2D eigenvalue weighted by Crippen LogP contribution is -2.15. The molecule has 3 aromatic carbocycles. The summed E-state index contributed by atoms with van der Waals surface area (Å²) in [5, 5.41) is 6.08. The Kier molecular flexibility index (Phi) is 5.28. The molecule has 1 atom stereocenters. The maximum atomic E-state index is 5.37. The molecule has 2 N–H and O–H groups in total. The van der Waals surface area contributed by atoms with E-state index in [0.29, 0.717) is 0 Å². The summed E-state index contributed by atoms with van der Waals surface area (Å²) >= 11 is 0. The molecule has 5 rings (SSSR count). The molecule has 32 heavy (non-hydrogen) atoms. The van der Waals surface area contributed by atoms with Gasteiger partial charge in [0, 0.05) is 34.9 Å².